The number of nitrogens with zero attached hydrogens (tertiary/aromatic N) is 3. The third-order valence-electron chi connectivity index (χ3n) is 4.93. The molecule has 3 aromatic rings. The van der Waals surface area contributed by atoms with Crippen LogP contribution in [-0.4, -0.2) is 54.1 Å². The number of hydrogen-bond donors (Lipinski definition) is 1. The largest absolute Gasteiger partial charge is 0.340 e. The van der Waals surface area contributed by atoms with Crippen molar-refractivity contribution in [2.75, 3.05) is 19.1 Å². The molecule has 0 aliphatic heterocycles. The summed E-state index contributed by atoms with van der Waals surface area (Å²) in [5.74, 6) is 0.394. The average Bonchev–Trinajstić information content (AvgIpc) is 3.23. The molecule has 32 heavy (non-hydrogen) atoms. The highest BCUT2D eigenvalue weighted by Crippen LogP contribution is 2.13. The highest BCUT2D eigenvalue weighted by molar-refractivity contribution is 7.98. The third kappa shape index (κ3) is 6.69. The molecule has 0 saturated carbocycles. The van der Waals surface area contributed by atoms with E-state index >= 15 is 0 Å². The lowest BCUT2D eigenvalue weighted by Crippen LogP contribution is -2.47. The minimum atomic E-state index is -3.80. The number of likely N-dealkylation sites (N-methyl/N-ethyl adjacent to an activating group) is 1. The number of rotatable bonds is 11. The Kier molecular flexibility index (Phi) is 8.49. The molecule has 0 fully saturated rings. The molecule has 0 bridgehead atoms. The molecule has 1 N–H and O–H groups in total. The smallest absolute Gasteiger partial charge is 0.241 e. The quantitative estimate of drug-likeness (QED) is 0.464. The normalized spacial score (nSPS) is 12.4. The van der Waals surface area contributed by atoms with Gasteiger partial charge >= 0.3 is 0 Å². The molecule has 0 unspecified atom stereocenters. The maximum Gasteiger partial charge on any atom is 0.241 e. The number of hydrogen-bond acceptors (Lipinski definition) is 5. The Hall–Kier alpha value is -2.62. The zero-order valence-corrected chi connectivity index (χ0v) is 19.8. The second-order valence-electron chi connectivity index (χ2n) is 7.49. The monoisotopic (exact) mass is 472 g/mol. The van der Waals surface area contributed by atoms with Gasteiger partial charge in [0, 0.05) is 25.4 Å². The van der Waals surface area contributed by atoms with Crippen LogP contribution in [0.3, 0.4) is 0 Å². The summed E-state index contributed by atoms with van der Waals surface area (Å²) in [5.41, 5.74) is 2.02. The number of sulfonamides is 1. The van der Waals surface area contributed by atoms with E-state index in [2.05, 4.69) is 9.82 Å². The first-order valence-corrected chi connectivity index (χ1v) is 13.1. The second kappa shape index (κ2) is 11.3. The first-order chi connectivity index (χ1) is 15.4. The number of aromatic nitrogens is 2. The molecule has 0 aliphatic rings. The van der Waals surface area contributed by atoms with Crippen molar-refractivity contribution in [1.29, 1.82) is 0 Å². The van der Waals surface area contributed by atoms with Gasteiger partial charge in [0.05, 0.1) is 17.6 Å². The van der Waals surface area contributed by atoms with Gasteiger partial charge in [-0.3, -0.25) is 9.48 Å². The van der Waals surface area contributed by atoms with E-state index in [4.69, 9.17) is 0 Å². The zero-order chi connectivity index (χ0) is 23.0. The lowest BCUT2D eigenvalue weighted by atomic mass is 10.2. The van der Waals surface area contributed by atoms with Gasteiger partial charge < -0.3 is 4.90 Å². The molecule has 7 nitrogen and oxygen atoms in total. The van der Waals surface area contributed by atoms with E-state index in [-0.39, 0.29) is 10.8 Å². The molecule has 3 rings (SSSR count). The Bertz CT molecular complexity index is 1100. The zero-order valence-electron chi connectivity index (χ0n) is 18.2. The van der Waals surface area contributed by atoms with Crippen LogP contribution in [0.2, 0.25) is 0 Å². The first-order valence-electron chi connectivity index (χ1n) is 10.3. The summed E-state index contributed by atoms with van der Waals surface area (Å²) in [7, 11) is -2.11. The molecular weight excluding hydrogens is 444 g/mol. The summed E-state index contributed by atoms with van der Waals surface area (Å²) >= 11 is 1.57. The van der Waals surface area contributed by atoms with Crippen LogP contribution in [-0.2, 0) is 27.9 Å². The highest BCUT2D eigenvalue weighted by Gasteiger charge is 2.27. The molecule has 170 valence electrons. The summed E-state index contributed by atoms with van der Waals surface area (Å²) in [6.07, 6.45) is 5.97. The van der Waals surface area contributed by atoms with E-state index < -0.39 is 16.1 Å². The molecule has 2 aromatic carbocycles. The fourth-order valence-corrected chi connectivity index (χ4v) is 5.00. The molecule has 1 atom stereocenters. The van der Waals surface area contributed by atoms with Gasteiger partial charge in [-0.15, -0.1) is 0 Å². The van der Waals surface area contributed by atoms with Crippen LogP contribution in [0.4, 0.5) is 0 Å². The van der Waals surface area contributed by atoms with Crippen molar-refractivity contribution in [1.82, 2.24) is 19.4 Å². The van der Waals surface area contributed by atoms with Gasteiger partial charge in [0.1, 0.15) is 6.04 Å². The SMILES string of the molecule is CSCC[C@H](NS(=O)(=O)c1ccccc1)C(=O)N(C)Cc1cnn(Cc2ccccc2)c1. The summed E-state index contributed by atoms with van der Waals surface area (Å²) < 4.78 is 30.0. The van der Waals surface area contributed by atoms with E-state index in [0.717, 1.165) is 11.1 Å². The third-order valence-corrected chi connectivity index (χ3v) is 7.06. The van der Waals surface area contributed by atoms with Crippen LogP contribution >= 0.6 is 11.8 Å². The van der Waals surface area contributed by atoms with Gasteiger partial charge in [0.15, 0.2) is 0 Å². The van der Waals surface area contributed by atoms with Crippen LogP contribution in [0.25, 0.3) is 0 Å². The van der Waals surface area contributed by atoms with Crippen molar-refractivity contribution in [3.8, 4) is 0 Å². The van der Waals surface area contributed by atoms with Crippen molar-refractivity contribution < 1.29 is 13.2 Å². The standard InChI is InChI=1S/C23H28N4O3S2/c1-26(16-20-15-24-27(18-20)17-19-9-5-3-6-10-19)23(28)22(13-14-31-2)25-32(29,30)21-11-7-4-8-12-21/h3-12,15,18,22,25H,13-14,16-17H2,1-2H3/t22-/m0/s1. The van der Waals surface area contributed by atoms with E-state index in [9.17, 15) is 13.2 Å². The van der Waals surface area contributed by atoms with E-state index in [1.165, 1.54) is 12.1 Å². The number of nitrogens with one attached hydrogen (secondary N) is 1. The van der Waals surface area contributed by atoms with E-state index in [1.807, 2.05) is 47.5 Å². The van der Waals surface area contributed by atoms with Crippen LogP contribution in [0, 0.1) is 0 Å². The summed E-state index contributed by atoms with van der Waals surface area (Å²) in [4.78, 5) is 14.8. The molecule has 1 heterocycles. The summed E-state index contributed by atoms with van der Waals surface area (Å²) in [6.45, 7) is 0.988. The lowest BCUT2D eigenvalue weighted by molar-refractivity contribution is -0.132. The Morgan fingerprint density at radius 3 is 2.41 bits per heavy atom. The Morgan fingerprint density at radius 2 is 1.75 bits per heavy atom. The Balaban J connectivity index is 1.67. The fraction of sp³-hybridized carbons (Fsp3) is 0.304. The fourth-order valence-electron chi connectivity index (χ4n) is 3.29. The van der Waals surface area contributed by atoms with Gasteiger partial charge in [-0.25, -0.2) is 8.42 Å². The van der Waals surface area contributed by atoms with Crippen molar-refractivity contribution in [3.63, 3.8) is 0 Å². The molecule has 1 aromatic heterocycles. The van der Waals surface area contributed by atoms with Crippen molar-refractivity contribution in [2.24, 2.45) is 0 Å². The minimum Gasteiger partial charge on any atom is -0.340 e. The lowest BCUT2D eigenvalue weighted by Gasteiger charge is -2.24. The molecule has 9 heteroatoms. The topological polar surface area (TPSA) is 84.3 Å². The first kappa shape index (κ1) is 24.0. The second-order valence-corrected chi connectivity index (χ2v) is 10.2. The van der Waals surface area contributed by atoms with Crippen LogP contribution in [0.15, 0.2) is 78.0 Å². The number of benzene rings is 2. The molecule has 0 radical (unpaired) electrons. The average molecular weight is 473 g/mol. The van der Waals surface area contributed by atoms with Crippen LogP contribution < -0.4 is 4.72 Å². The Labute approximate surface area is 193 Å². The predicted molar refractivity (Wildman–Crippen MR) is 128 cm³/mol. The Morgan fingerprint density at radius 1 is 1.09 bits per heavy atom. The van der Waals surface area contributed by atoms with Crippen LogP contribution in [0.5, 0.6) is 0 Å². The van der Waals surface area contributed by atoms with Gasteiger partial charge in [-0.2, -0.15) is 21.6 Å². The maximum absolute atomic E-state index is 13.1. The molecule has 0 saturated heterocycles. The highest BCUT2D eigenvalue weighted by atomic mass is 32.2. The predicted octanol–water partition coefficient (Wildman–Crippen LogP) is 2.99. The van der Waals surface area contributed by atoms with Gasteiger partial charge in [0.25, 0.3) is 0 Å². The van der Waals surface area contributed by atoms with Gasteiger partial charge in [-0.05, 0) is 36.1 Å². The van der Waals surface area contributed by atoms with Crippen molar-refractivity contribution in [2.45, 2.75) is 30.4 Å². The van der Waals surface area contributed by atoms with E-state index in [0.29, 0.717) is 25.3 Å². The molecule has 1 amide bonds. The number of amides is 1. The van der Waals surface area contributed by atoms with Gasteiger partial charge in [0.2, 0.25) is 15.9 Å². The maximum atomic E-state index is 13.1. The molecular formula is C23H28N4O3S2. The van der Waals surface area contributed by atoms with Crippen LogP contribution in [0.1, 0.15) is 17.5 Å². The van der Waals surface area contributed by atoms with E-state index in [1.54, 1.807) is 48.1 Å². The summed E-state index contributed by atoms with van der Waals surface area (Å²) in [5, 5.41) is 4.38. The van der Waals surface area contributed by atoms with Crippen molar-refractivity contribution >= 4 is 27.7 Å². The number of carbonyl (C=O) groups excluding carboxylic acids is 1. The number of carbonyl (C=O) groups is 1. The molecule has 0 aliphatic carbocycles. The minimum absolute atomic E-state index is 0.145. The summed E-state index contributed by atoms with van der Waals surface area (Å²) in [6, 6.07) is 17.3. The van der Waals surface area contributed by atoms with Crippen molar-refractivity contribution in [3.05, 3.63) is 84.2 Å². The van der Waals surface area contributed by atoms with Gasteiger partial charge in [-0.1, -0.05) is 48.5 Å². The number of thioether (sulfide) groups is 1. The molecule has 0 spiro atoms.